The van der Waals surface area contributed by atoms with E-state index in [0.717, 1.165) is 6.04 Å². The van der Waals surface area contributed by atoms with Crippen molar-refractivity contribution in [1.29, 1.82) is 0 Å². The van der Waals surface area contributed by atoms with Crippen LogP contribution in [0.1, 0.15) is 98.8 Å². The molecule has 0 aliphatic heterocycles. The average molecular weight is 433 g/mol. The molecule has 0 aliphatic rings. The number of unbranched alkanes of at least 4 members (excludes halogenated alkanes) is 8. The molecule has 0 unspecified atom stereocenters. The molecule has 0 N–H and O–H groups in total. The first-order valence-corrected chi connectivity index (χ1v) is 17.5. The Labute approximate surface area is 179 Å². The molecule has 0 spiro atoms. The van der Waals surface area contributed by atoms with E-state index in [1.54, 1.807) is 0 Å². The monoisotopic (exact) mass is 432 g/mol. The van der Waals surface area contributed by atoms with Crippen molar-refractivity contribution in [1.82, 2.24) is 0 Å². The van der Waals surface area contributed by atoms with Crippen molar-refractivity contribution in [3.8, 4) is 0 Å². The van der Waals surface area contributed by atoms with Gasteiger partial charge >= 0.3 is 8.80 Å². The minimum absolute atomic E-state index is 0.693. The van der Waals surface area contributed by atoms with Gasteiger partial charge < -0.3 is 13.3 Å². The summed E-state index contributed by atoms with van der Waals surface area (Å²) in [6.45, 7) is 15.5. The molecule has 170 valence electrons. The van der Waals surface area contributed by atoms with Crippen LogP contribution in [0.2, 0.25) is 30.7 Å². The van der Waals surface area contributed by atoms with E-state index < -0.39 is 16.9 Å². The summed E-state index contributed by atoms with van der Waals surface area (Å²) in [6, 6.07) is 5.27. The molecule has 3 nitrogen and oxygen atoms in total. The second kappa shape index (κ2) is 18.1. The summed E-state index contributed by atoms with van der Waals surface area (Å²) >= 11 is 0. The molecule has 28 heavy (non-hydrogen) atoms. The Morgan fingerprint density at radius 2 is 0.857 bits per heavy atom. The minimum atomic E-state index is -2.49. The number of hydrogen-bond acceptors (Lipinski definition) is 3. The highest BCUT2D eigenvalue weighted by Crippen LogP contribution is 2.32. The van der Waals surface area contributed by atoms with Gasteiger partial charge in [-0.15, -0.1) is 0 Å². The van der Waals surface area contributed by atoms with Crippen LogP contribution in [-0.2, 0) is 13.3 Å². The van der Waals surface area contributed by atoms with Gasteiger partial charge in [0, 0.05) is 25.9 Å². The van der Waals surface area contributed by atoms with Crippen LogP contribution >= 0.6 is 0 Å². The molecule has 0 amide bonds. The maximum Gasteiger partial charge on any atom is 0.500 e. The topological polar surface area (TPSA) is 27.7 Å². The largest absolute Gasteiger partial charge is 0.500 e. The van der Waals surface area contributed by atoms with Crippen molar-refractivity contribution < 1.29 is 13.3 Å². The molecule has 0 aromatic heterocycles. The molecule has 0 atom stereocenters. The lowest BCUT2D eigenvalue weighted by molar-refractivity contribution is 0.0724. The lowest BCUT2D eigenvalue weighted by Gasteiger charge is -2.33. The Kier molecular flexibility index (Phi) is 18.3. The smallest absolute Gasteiger partial charge is 0.374 e. The standard InChI is InChI=1S/C23H52O3Si2/c1-7-12-14-16-18-20-27(6,21-19-17-15-13-8-2)22-23-28(24-9-3,25-10-4)26-11-5/h7-23H2,1-6H3. The third-order valence-electron chi connectivity index (χ3n) is 5.90. The summed E-state index contributed by atoms with van der Waals surface area (Å²) in [4.78, 5) is 0. The minimum Gasteiger partial charge on any atom is -0.374 e. The first-order valence-electron chi connectivity index (χ1n) is 12.4. The van der Waals surface area contributed by atoms with Gasteiger partial charge in [0.05, 0.1) is 8.07 Å². The van der Waals surface area contributed by atoms with Gasteiger partial charge in [0.2, 0.25) is 0 Å². The fraction of sp³-hybridized carbons (Fsp3) is 1.00. The van der Waals surface area contributed by atoms with E-state index >= 15 is 0 Å². The third-order valence-corrected chi connectivity index (χ3v) is 14.0. The highest BCUT2D eigenvalue weighted by molar-refractivity contribution is 6.80. The van der Waals surface area contributed by atoms with E-state index in [1.165, 1.54) is 82.3 Å². The van der Waals surface area contributed by atoms with E-state index in [0.29, 0.717) is 19.8 Å². The summed E-state index contributed by atoms with van der Waals surface area (Å²) in [5.74, 6) is 0. The van der Waals surface area contributed by atoms with E-state index in [-0.39, 0.29) is 0 Å². The van der Waals surface area contributed by atoms with Crippen molar-refractivity contribution in [2.45, 2.75) is 130 Å². The van der Waals surface area contributed by atoms with Crippen molar-refractivity contribution in [3.63, 3.8) is 0 Å². The van der Waals surface area contributed by atoms with Gasteiger partial charge in [0.15, 0.2) is 0 Å². The van der Waals surface area contributed by atoms with Crippen molar-refractivity contribution >= 4 is 16.9 Å². The van der Waals surface area contributed by atoms with Crippen LogP contribution < -0.4 is 0 Å². The zero-order valence-corrected chi connectivity index (χ0v) is 22.2. The van der Waals surface area contributed by atoms with Crippen LogP contribution in [0.15, 0.2) is 0 Å². The van der Waals surface area contributed by atoms with Gasteiger partial charge in [-0.05, 0) is 20.8 Å². The van der Waals surface area contributed by atoms with Gasteiger partial charge in [-0.25, -0.2) is 0 Å². The lowest BCUT2D eigenvalue weighted by Crippen LogP contribution is -2.47. The zero-order chi connectivity index (χ0) is 21.1. The van der Waals surface area contributed by atoms with Crippen LogP contribution in [0.3, 0.4) is 0 Å². The lowest BCUT2D eigenvalue weighted by atomic mass is 10.2. The molecule has 0 saturated heterocycles. The number of hydrogen-bond donors (Lipinski definition) is 0. The van der Waals surface area contributed by atoms with Crippen molar-refractivity contribution in [2.24, 2.45) is 0 Å². The van der Waals surface area contributed by atoms with Crippen molar-refractivity contribution in [3.05, 3.63) is 0 Å². The first kappa shape index (κ1) is 28.3. The first-order chi connectivity index (χ1) is 13.5. The quantitative estimate of drug-likeness (QED) is 0.136. The molecule has 0 saturated carbocycles. The van der Waals surface area contributed by atoms with Crippen molar-refractivity contribution in [2.75, 3.05) is 19.8 Å². The second-order valence-electron chi connectivity index (χ2n) is 8.62. The Bertz CT molecular complexity index is 309. The SMILES string of the molecule is CCCCCCC[Si](C)(CCCCCCC)CC[Si](OCC)(OCC)OCC. The van der Waals surface area contributed by atoms with Crippen LogP contribution in [0.4, 0.5) is 0 Å². The van der Waals surface area contributed by atoms with Crippen LogP contribution in [0, 0.1) is 0 Å². The predicted octanol–water partition coefficient (Wildman–Crippen LogP) is 8.05. The third kappa shape index (κ3) is 13.5. The Morgan fingerprint density at radius 3 is 1.21 bits per heavy atom. The van der Waals surface area contributed by atoms with E-state index in [2.05, 4.69) is 41.2 Å². The van der Waals surface area contributed by atoms with E-state index in [1.807, 2.05) is 0 Å². The normalized spacial score (nSPS) is 12.6. The summed E-state index contributed by atoms with van der Waals surface area (Å²) in [5, 5.41) is 0. The Balaban J connectivity index is 4.82. The van der Waals surface area contributed by atoms with Gasteiger partial charge in [-0.2, -0.15) is 0 Å². The molecule has 5 heteroatoms. The Morgan fingerprint density at radius 1 is 0.464 bits per heavy atom. The van der Waals surface area contributed by atoms with Gasteiger partial charge in [-0.1, -0.05) is 103 Å². The molecular weight excluding hydrogens is 380 g/mol. The highest BCUT2D eigenvalue weighted by atomic mass is 28.4. The van der Waals surface area contributed by atoms with E-state index in [9.17, 15) is 0 Å². The van der Waals surface area contributed by atoms with E-state index in [4.69, 9.17) is 13.3 Å². The maximum atomic E-state index is 6.14. The highest BCUT2D eigenvalue weighted by Gasteiger charge is 2.42. The van der Waals surface area contributed by atoms with Gasteiger partial charge in [0.1, 0.15) is 0 Å². The molecule has 0 radical (unpaired) electrons. The van der Waals surface area contributed by atoms with Crippen LogP contribution in [-0.4, -0.2) is 36.7 Å². The number of rotatable bonds is 21. The summed E-state index contributed by atoms with van der Waals surface area (Å²) < 4.78 is 18.4. The second-order valence-corrected chi connectivity index (χ2v) is 16.5. The maximum absolute atomic E-state index is 6.14. The zero-order valence-electron chi connectivity index (χ0n) is 20.2. The summed E-state index contributed by atoms with van der Waals surface area (Å²) in [7, 11) is -3.76. The Hall–Kier alpha value is 0.314. The van der Waals surface area contributed by atoms with Gasteiger partial charge in [-0.3, -0.25) is 0 Å². The van der Waals surface area contributed by atoms with Crippen LogP contribution in [0.5, 0.6) is 0 Å². The predicted molar refractivity (Wildman–Crippen MR) is 129 cm³/mol. The molecule has 0 aromatic rings. The molecule has 0 aliphatic carbocycles. The molecule has 0 bridgehead atoms. The molecular formula is C23H52O3Si2. The summed E-state index contributed by atoms with van der Waals surface area (Å²) in [6.07, 6.45) is 13.9. The fourth-order valence-electron chi connectivity index (χ4n) is 4.14. The molecule has 0 fully saturated rings. The molecule has 0 heterocycles. The van der Waals surface area contributed by atoms with Crippen LogP contribution in [0.25, 0.3) is 0 Å². The average Bonchev–Trinajstić information content (AvgIpc) is 2.67. The fourth-order valence-corrected chi connectivity index (χ4v) is 12.7. The summed E-state index contributed by atoms with van der Waals surface area (Å²) in [5.41, 5.74) is 0. The molecule has 0 aromatic carbocycles. The molecule has 0 rings (SSSR count). The van der Waals surface area contributed by atoms with Gasteiger partial charge in [0.25, 0.3) is 0 Å².